The molecular formula is C31H37N5O5. The molecule has 0 bridgehead atoms. The monoisotopic (exact) mass is 559 g/mol. The molecule has 1 fully saturated rings. The third-order valence-corrected chi connectivity index (χ3v) is 7.18. The number of aromatic amines is 1. The summed E-state index contributed by atoms with van der Waals surface area (Å²) in [6.45, 7) is 6.64. The van der Waals surface area contributed by atoms with Crippen LogP contribution in [0.5, 0.6) is 11.5 Å². The highest BCUT2D eigenvalue weighted by Gasteiger charge is 2.35. The van der Waals surface area contributed by atoms with Gasteiger partial charge in [0.1, 0.15) is 22.6 Å². The number of carbonyl (C=O) groups is 1. The average molecular weight is 560 g/mol. The number of imidazole rings is 1. The smallest absolute Gasteiger partial charge is 0.407 e. The maximum atomic E-state index is 13.2. The lowest BCUT2D eigenvalue weighted by Crippen LogP contribution is -2.48. The summed E-state index contributed by atoms with van der Waals surface area (Å²) in [6, 6.07) is 17.6. The Bertz CT molecular complexity index is 1500. The molecule has 0 spiro atoms. The van der Waals surface area contributed by atoms with Crippen LogP contribution in [0.4, 0.5) is 10.6 Å². The van der Waals surface area contributed by atoms with Crippen molar-refractivity contribution in [2.24, 2.45) is 0 Å². The summed E-state index contributed by atoms with van der Waals surface area (Å²) in [5.74, 6) is 2.27. The molecule has 4 aromatic rings. The molecule has 0 aliphatic heterocycles. The number of alkyl carbamates (subject to hydrolysis) is 1. The predicted molar refractivity (Wildman–Crippen MR) is 158 cm³/mol. The van der Waals surface area contributed by atoms with Gasteiger partial charge in [0, 0.05) is 31.4 Å². The van der Waals surface area contributed by atoms with Crippen LogP contribution in [0.25, 0.3) is 11.0 Å². The van der Waals surface area contributed by atoms with Crippen LogP contribution in [0.2, 0.25) is 0 Å². The Balaban J connectivity index is 1.42. The molecule has 0 unspecified atom stereocenters. The van der Waals surface area contributed by atoms with E-state index in [1.165, 1.54) is 0 Å². The number of nitrogens with one attached hydrogen (secondary N) is 2. The summed E-state index contributed by atoms with van der Waals surface area (Å²) in [6.07, 6.45) is 2.59. The number of ether oxygens (including phenoxy) is 3. The van der Waals surface area contributed by atoms with Crippen molar-refractivity contribution in [1.29, 1.82) is 0 Å². The van der Waals surface area contributed by atoms with Crippen molar-refractivity contribution in [2.45, 2.75) is 64.4 Å². The van der Waals surface area contributed by atoms with Crippen LogP contribution in [0.1, 0.15) is 50.8 Å². The number of carbonyl (C=O) groups excluding carboxylic acids is 1. The van der Waals surface area contributed by atoms with Crippen molar-refractivity contribution in [3.8, 4) is 11.5 Å². The Morgan fingerprint density at radius 3 is 2.05 bits per heavy atom. The Kier molecular flexibility index (Phi) is 7.92. The van der Waals surface area contributed by atoms with Gasteiger partial charge in [-0.25, -0.2) is 14.6 Å². The summed E-state index contributed by atoms with van der Waals surface area (Å²) in [7, 11) is 3.29. The van der Waals surface area contributed by atoms with E-state index < -0.39 is 11.7 Å². The Morgan fingerprint density at radius 2 is 1.54 bits per heavy atom. The minimum Gasteiger partial charge on any atom is -0.497 e. The van der Waals surface area contributed by atoms with E-state index in [1.807, 2.05) is 75.4 Å². The van der Waals surface area contributed by atoms with Gasteiger partial charge in [-0.3, -0.25) is 4.57 Å². The molecule has 10 nitrogen and oxygen atoms in total. The number of hydrogen-bond donors (Lipinski definition) is 2. The highest BCUT2D eigenvalue weighted by atomic mass is 16.6. The summed E-state index contributed by atoms with van der Waals surface area (Å²) in [4.78, 5) is 35.4. The van der Waals surface area contributed by atoms with Gasteiger partial charge in [0.05, 0.1) is 19.7 Å². The molecule has 10 heteroatoms. The molecule has 1 aliphatic rings. The molecule has 0 saturated heterocycles. The molecule has 216 valence electrons. The third kappa shape index (κ3) is 6.48. The topological polar surface area (TPSA) is 111 Å². The largest absolute Gasteiger partial charge is 0.497 e. The van der Waals surface area contributed by atoms with Crippen LogP contribution in [0.15, 0.2) is 65.6 Å². The fourth-order valence-corrected chi connectivity index (χ4v) is 5.14. The molecule has 1 saturated carbocycles. The zero-order valence-electron chi connectivity index (χ0n) is 24.1. The maximum absolute atomic E-state index is 13.2. The van der Waals surface area contributed by atoms with Gasteiger partial charge < -0.3 is 29.4 Å². The van der Waals surface area contributed by atoms with Crippen LogP contribution in [-0.4, -0.2) is 46.5 Å². The second-order valence-electron chi connectivity index (χ2n) is 11.3. The number of rotatable bonds is 9. The van der Waals surface area contributed by atoms with E-state index in [2.05, 4.69) is 15.2 Å². The van der Waals surface area contributed by atoms with E-state index in [0.717, 1.165) is 28.1 Å². The SMILES string of the molecule is COc1ccc(CN(Cc2ccc(OC)cc2)c2nccc3c2[nH]c(=O)n3[C@H]2C[C@@H](NC(=O)OC(C)(C)C)C2)cc1. The lowest BCUT2D eigenvalue weighted by molar-refractivity contribution is 0.0457. The fraction of sp³-hybridized carbons (Fsp3) is 0.387. The van der Waals surface area contributed by atoms with Crippen molar-refractivity contribution in [3.05, 3.63) is 82.4 Å². The number of nitrogens with zero attached hydrogens (tertiary/aromatic N) is 3. The van der Waals surface area contributed by atoms with E-state index in [0.29, 0.717) is 37.3 Å². The number of aromatic nitrogens is 3. The normalized spacial score (nSPS) is 16.6. The van der Waals surface area contributed by atoms with Crippen molar-refractivity contribution < 1.29 is 19.0 Å². The second-order valence-corrected chi connectivity index (χ2v) is 11.3. The first-order valence-corrected chi connectivity index (χ1v) is 13.7. The first-order chi connectivity index (χ1) is 19.6. The van der Waals surface area contributed by atoms with Gasteiger partial charge in [-0.1, -0.05) is 24.3 Å². The van der Waals surface area contributed by atoms with Gasteiger partial charge >= 0.3 is 11.8 Å². The number of anilines is 1. The summed E-state index contributed by atoms with van der Waals surface area (Å²) >= 11 is 0. The number of fused-ring (bicyclic) bond motifs is 1. The van der Waals surface area contributed by atoms with Crippen molar-refractivity contribution in [2.75, 3.05) is 19.1 Å². The van der Waals surface area contributed by atoms with Crippen molar-refractivity contribution >= 4 is 22.9 Å². The fourth-order valence-electron chi connectivity index (χ4n) is 5.14. The van der Waals surface area contributed by atoms with Gasteiger partial charge in [-0.2, -0.15) is 0 Å². The lowest BCUT2D eigenvalue weighted by atomic mass is 9.86. The highest BCUT2D eigenvalue weighted by molar-refractivity contribution is 5.86. The minimum absolute atomic E-state index is 0.0388. The number of pyridine rings is 1. The molecule has 0 radical (unpaired) electrons. The van der Waals surface area contributed by atoms with E-state index in [-0.39, 0.29) is 17.8 Å². The van der Waals surface area contributed by atoms with Crippen LogP contribution in [-0.2, 0) is 17.8 Å². The molecule has 2 heterocycles. The van der Waals surface area contributed by atoms with Crippen LogP contribution >= 0.6 is 0 Å². The summed E-state index contributed by atoms with van der Waals surface area (Å²) < 4.78 is 17.8. The van der Waals surface area contributed by atoms with Crippen molar-refractivity contribution in [1.82, 2.24) is 19.9 Å². The first-order valence-electron chi connectivity index (χ1n) is 13.7. The number of amides is 1. The van der Waals surface area contributed by atoms with E-state index >= 15 is 0 Å². The van der Waals surface area contributed by atoms with Gasteiger partial charge in [0.25, 0.3) is 0 Å². The average Bonchev–Trinajstić information content (AvgIpc) is 3.25. The highest BCUT2D eigenvalue weighted by Crippen LogP contribution is 2.35. The zero-order chi connectivity index (χ0) is 29.1. The van der Waals surface area contributed by atoms with Gasteiger partial charge in [0.15, 0.2) is 5.82 Å². The molecule has 41 heavy (non-hydrogen) atoms. The number of H-pyrrole nitrogens is 1. The Labute approximate surface area is 239 Å². The standard InChI is InChI=1S/C31H37N5O5/c1-31(2,3)41-30(38)33-22-16-23(17-22)36-26-14-15-32-28(27(26)34-29(36)37)35(18-20-6-10-24(39-4)11-7-20)19-21-8-12-25(40-5)13-9-21/h6-15,22-23H,16-19H2,1-5H3,(H,33,38)(H,34,37)/t22-,23+. The number of methoxy groups -OCH3 is 2. The molecule has 2 aromatic carbocycles. The van der Waals surface area contributed by atoms with Gasteiger partial charge in [0.2, 0.25) is 0 Å². The lowest BCUT2D eigenvalue weighted by Gasteiger charge is -2.36. The van der Waals surface area contributed by atoms with E-state index in [9.17, 15) is 9.59 Å². The number of benzene rings is 2. The zero-order valence-corrected chi connectivity index (χ0v) is 24.1. The molecule has 0 atom stereocenters. The summed E-state index contributed by atoms with van der Waals surface area (Å²) in [5, 5.41) is 2.91. The van der Waals surface area contributed by atoms with Gasteiger partial charge in [-0.05, 0) is 75.1 Å². The predicted octanol–water partition coefficient (Wildman–Crippen LogP) is 5.18. The first kappa shape index (κ1) is 28.1. The Morgan fingerprint density at radius 1 is 0.976 bits per heavy atom. The van der Waals surface area contributed by atoms with Crippen molar-refractivity contribution in [3.63, 3.8) is 0 Å². The number of hydrogen-bond acceptors (Lipinski definition) is 7. The van der Waals surface area contributed by atoms with Gasteiger partial charge in [-0.15, -0.1) is 0 Å². The van der Waals surface area contributed by atoms with E-state index in [1.54, 1.807) is 25.0 Å². The minimum atomic E-state index is -0.562. The third-order valence-electron chi connectivity index (χ3n) is 7.18. The van der Waals surface area contributed by atoms with Crippen LogP contribution in [0.3, 0.4) is 0 Å². The molecule has 5 rings (SSSR count). The van der Waals surface area contributed by atoms with Crippen LogP contribution in [0, 0.1) is 0 Å². The molecular weight excluding hydrogens is 522 g/mol. The molecule has 1 amide bonds. The molecule has 2 N–H and O–H groups in total. The second kappa shape index (κ2) is 11.6. The van der Waals surface area contributed by atoms with E-state index in [4.69, 9.17) is 19.2 Å². The van der Waals surface area contributed by atoms with Crippen LogP contribution < -0.4 is 25.4 Å². The quantitative estimate of drug-likeness (QED) is 0.291. The molecule has 1 aliphatic carbocycles. The summed E-state index contributed by atoms with van der Waals surface area (Å²) in [5.41, 5.74) is 2.88. The Hall–Kier alpha value is -4.47. The molecule has 2 aromatic heterocycles. The maximum Gasteiger partial charge on any atom is 0.407 e.